The van der Waals surface area contributed by atoms with Crippen LogP contribution in [0, 0.1) is 0 Å². The van der Waals surface area contributed by atoms with Gasteiger partial charge in [0, 0.05) is 40.4 Å². The van der Waals surface area contributed by atoms with Crippen LogP contribution in [0.1, 0.15) is 12.0 Å². The molecule has 0 aromatic heterocycles. The fraction of sp³-hybridized carbons (Fsp3) is 0.611. The van der Waals surface area contributed by atoms with Crippen molar-refractivity contribution in [1.29, 1.82) is 0 Å². The Kier molecular flexibility index (Phi) is 8.83. The molecule has 0 spiro atoms. The van der Waals surface area contributed by atoms with Gasteiger partial charge in [0.1, 0.15) is 0 Å². The van der Waals surface area contributed by atoms with E-state index in [4.69, 9.17) is 9.47 Å². The molecule has 0 saturated carbocycles. The van der Waals surface area contributed by atoms with E-state index in [1.54, 1.807) is 14.2 Å². The third-order valence-corrected chi connectivity index (χ3v) is 6.02. The molecule has 0 aliphatic carbocycles. The summed E-state index contributed by atoms with van der Waals surface area (Å²) in [5.74, 6) is 0.603. The molecule has 1 aliphatic rings. The SMILES string of the molecule is CN=C(NCCCOCCOC)NCCS(=O)(=O)N1CCc2ccccc21. The molecule has 1 aromatic rings. The number of fused-ring (bicyclic) bond motifs is 1. The molecule has 0 atom stereocenters. The maximum atomic E-state index is 12.6. The van der Waals surface area contributed by atoms with Crippen molar-refractivity contribution in [1.82, 2.24) is 10.6 Å². The summed E-state index contributed by atoms with van der Waals surface area (Å²) in [6.07, 6.45) is 1.59. The van der Waals surface area contributed by atoms with Gasteiger partial charge in [-0.25, -0.2) is 8.42 Å². The highest BCUT2D eigenvalue weighted by Crippen LogP contribution is 2.29. The standard InChI is InChI=1S/C18H30N4O4S/c1-19-18(20-9-5-12-26-14-13-25-2)21-10-15-27(23,24)22-11-8-16-6-3-4-7-17(16)22/h3-4,6-7H,5,8-15H2,1-2H3,(H2,19,20,21). The third-order valence-electron chi connectivity index (χ3n) is 4.25. The Hall–Kier alpha value is -1.84. The fourth-order valence-corrected chi connectivity index (χ4v) is 4.28. The molecule has 2 rings (SSSR count). The molecule has 1 heterocycles. The van der Waals surface area contributed by atoms with Gasteiger partial charge < -0.3 is 20.1 Å². The number of anilines is 1. The summed E-state index contributed by atoms with van der Waals surface area (Å²) in [7, 11) is -0.0546. The number of nitrogens with zero attached hydrogens (tertiary/aromatic N) is 2. The zero-order valence-electron chi connectivity index (χ0n) is 16.1. The normalized spacial score (nSPS) is 14.3. The maximum Gasteiger partial charge on any atom is 0.236 e. The van der Waals surface area contributed by atoms with Crippen molar-refractivity contribution >= 4 is 21.7 Å². The van der Waals surface area contributed by atoms with Crippen LogP contribution in [0.15, 0.2) is 29.3 Å². The van der Waals surface area contributed by atoms with Gasteiger partial charge in [-0.3, -0.25) is 9.30 Å². The minimum atomic E-state index is -3.36. The van der Waals surface area contributed by atoms with Gasteiger partial charge in [-0.05, 0) is 24.5 Å². The first-order chi connectivity index (χ1) is 13.1. The number of methoxy groups -OCH3 is 1. The lowest BCUT2D eigenvalue weighted by Crippen LogP contribution is -2.42. The first-order valence-corrected chi connectivity index (χ1v) is 10.8. The van der Waals surface area contributed by atoms with Crippen molar-refractivity contribution in [2.45, 2.75) is 12.8 Å². The molecule has 8 nitrogen and oxygen atoms in total. The van der Waals surface area contributed by atoms with Crippen molar-refractivity contribution < 1.29 is 17.9 Å². The van der Waals surface area contributed by atoms with Crippen molar-refractivity contribution in [2.24, 2.45) is 4.99 Å². The molecular weight excluding hydrogens is 368 g/mol. The van der Waals surface area contributed by atoms with Crippen LogP contribution in [0.3, 0.4) is 0 Å². The van der Waals surface area contributed by atoms with Crippen LogP contribution < -0.4 is 14.9 Å². The summed E-state index contributed by atoms with van der Waals surface area (Å²) < 4.78 is 37.1. The third kappa shape index (κ3) is 6.67. The average Bonchev–Trinajstić information content (AvgIpc) is 3.11. The Bertz CT molecular complexity index is 709. The van der Waals surface area contributed by atoms with E-state index in [2.05, 4.69) is 15.6 Å². The number of nitrogens with one attached hydrogen (secondary N) is 2. The average molecular weight is 399 g/mol. The minimum Gasteiger partial charge on any atom is -0.382 e. The van der Waals surface area contributed by atoms with Crippen LogP contribution in [0.25, 0.3) is 0 Å². The topological polar surface area (TPSA) is 92.3 Å². The molecule has 0 radical (unpaired) electrons. The summed E-state index contributed by atoms with van der Waals surface area (Å²) in [5.41, 5.74) is 1.88. The monoisotopic (exact) mass is 398 g/mol. The number of guanidine groups is 1. The van der Waals surface area contributed by atoms with Crippen LogP contribution in [-0.4, -0.2) is 73.7 Å². The Labute approximate surface area is 162 Å². The first kappa shape index (κ1) is 21.5. The van der Waals surface area contributed by atoms with Crippen LogP contribution in [0.4, 0.5) is 5.69 Å². The van der Waals surface area contributed by atoms with Gasteiger partial charge >= 0.3 is 0 Å². The molecule has 0 amide bonds. The molecular formula is C18H30N4O4S. The quantitative estimate of drug-likeness (QED) is 0.322. The molecule has 27 heavy (non-hydrogen) atoms. The van der Waals surface area contributed by atoms with E-state index in [1.165, 1.54) is 4.31 Å². The van der Waals surface area contributed by atoms with E-state index >= 15 is 0 Å². The second-order valence-corrected chi connectivity index (χ2v) is 8.16. The second-order valence-electron chi connectivity index (χ2n) is 6.15. The molecule has 0 fully saturated rings. The van der Waals surface area contributed by atoms with E-state index < -0.39 is 10.0 Å². The largest absolute Gasteiger partial charge is 0.382 e. The summed E-state index contributed by atoms with van der Waals surface area (Å²) >= 11 is 0. The summed E-state index contributed by atoms with van der Waals surface area (Å²) in [6, 6.07) is 7.65. The smallest absolute Gasteiger partial charge is 0.236 e. The van der Waals surface area contributed by atoms with E-state index in [0.717, 1.165) is 24.1 Å². The second kappa shape index (κ2) is 11.1. The molecule has 2 N–H and O–H groups in total. The summed E-state index contributed by atoms with van der Waals surface area (Å²) in [5, 5.41) is 6.21. The number of hydrogen-bond acceptors (Lipinski definition) is 5. The minimum absolute atomic E-state index is 0.0160. The van der Waals surface area contributed by atoms with Crippen LogP contribution in [0.5, 0.6) is 0 Å². The summed E-state index contributed by atoms with van der Waals surface area (Å²) in [6.45, 7) is 3.31. The van der Waals surface area contributed by atoms with Gasteiger partial charge in [0.2, 0.25) is 10.0 Å². The number of ether oxygens (including phenoxy) is 2. The highest BCUT2D eigenvalue weighted by molar-refractivity contribution is 7.92. The number of para-hydroxylation sites is 1. The number of benzene rings is 1. The zero-order valence-corrected chi connectivity index (χ0v) is 16.9. The molecule has 152 valence electrons. The summed E-state index contributed by atoms with van der Waals surface area (Å²) in [4.78, 5) is 4.11. The Balaban J connectivity index is 1.70. The molecule has 0 bridgehead atoms. The van der Waals surface area contributed by atoms with E-state index in [1.807, 2.05) is 24.3 Å². The lowest BCUT2D eigenvalue weighted by atomic mass is 10.2. The van der Waals surface area contributed by atoms with Gasteiger partial charge in [0.05, 0.1) is 24.7 Å². The van der Waals surface area contributed by atoms with E-state index in [9.17, 15) is 8.42 Å². The maximum absolute atomic E-state index is 12.6. The van der Waals surface area contributed by atoms with Gasteiger partial charge in [-0.1, -0.05) is 18.2 Å². The number of hydrogen-bond donors (Lipinski definition) is 2. The van der Waals surface area contributed by atoms with Gasteiger partial charge in [0.25, 0.3) is 0 Å². The zero-order chi connectivity index (χ0) is 19.5. The molecule has 0 unspecified atom stereocenters. The van der Waals surface area contributed by atoms with Crippen molar-refractivity contribution in [3.05, 3.63) is 29.8 Å². The van der Waals surface area contributed by atoms with E-state index in [-0.39, 0.29) is 5.75 Å². The predicted molar refractivity (Wildman–Crippen MR) is 108 cm³/mol. The highest BCUT2D eigenvalue weighted by Gasteiger charge is 2.28. The molecule has 1 aliphatic heterocycles. The van der Waals surface area contributed by atoms with Crippen LogP contribution in [0.2, 0.25) is 0 Å². The lowest BCUT2D eigenvalue weighted by Gasteiger charge is -2.20. The van der Waals surface area contributed by atoms with Crippen molar-refractivity contribution in [2.75, 3.05) is 63.7 Å². The predicted octanol–water partition coefficient (Wildman–Crippen LogP) is 0.597. The molecule has 0 saturated heterocycles. The van der Waals surface area contributed by atoms with Crippen LogP contribution >= 0.6 is 0 Å². The fourth-order valence-electron chi connectivity index (χ4n) is 2.85. The number of rotatable bonds is 11. The van der Waals surface area contributed by atoms with Crippen LogP contribution in [-0.2, 0) is 25.9 Å². The number of aliphatic imine (C=N–C) groups is 1. The van der Waals surface area contributed by atoms with E-state index in [0.29, 0.717) is 45.4 Å². The van der Waals surface area contributed by atoms with Gasteiger partial charge in [-0.2, -0.15) is 0 Å². The Morgan fingerprint density at radius 3 is 2.74 bits per heavy atom. The Morgan fingerprint density at radius 1 is 1.19 bits per heavy atom. The molecule has 1 aromatic carbocycles. The lowest BCUT2D eigenvalue weighted by molar-refractivity contribution is 0.0698. The van der Waals surface area contributed by atoms with Crippen molar-refractivity contribution in [3.63, 3.8) is 0 Å². The van der Waals surface area contributed by atoms with Crippen molar-refractivity contribution in [3.8, 4) is 0 Å². The first-order valence-electron chi connectivity index (χ1n) is 9.18. The van der Waals surface area contributed by atoms with Gasteiger partial charge in [0.15, 0.2) is 5.96 Å². The highest BCUT2D eigenvalue weighted by atomic mass is 32.2. The number of sulfonamides is 1. The molecule has 9 heteroatoms. The Morgan fingerprint density at radius 2 is 1.96 bits per heavy atom. The van der Waals surface area contributed by atoms with Gasteiger partial charge in [-0.15, -0.1) is 0 Å².